The Hall–Kier alpha value is -0.220. The van der Waals surface area contributed by atoms with Gasteiger partial charge in [0, 0.05) is 11.9 Å². The van der Waals surface area contributed by atoms with Crippen LogP contribution in [0.3, 0.4) is 0 Å². The molecule has 2 unspecified atom stereocenters. The van der Waals surface area contributed by atoms with Crippen LogP contribution in [-0.4, -0.2) is 33.3 Å². The Kier molecular flexibility index (Phi) is 5.32. The van der Waals surface area contributed by atoms with Crippen molar-refractivity contribution < 1.29 is 15.0 Å². The van der Waals surface area contributed by atoms with E-state index in [0.717, 1.165) is 0 Å². The van der Waals surface area contributed by atoms with Gasteiger partial charge in [0.25, 0.3) is 0 Å². The standard InChI is InChI=1S/C7H14O3S/c1-5(3-4-8)11-6(2)7(9)10/h5-6,8H,3-4H2,1-2H3,(H,9,10). The van der Waals surface area contributed by atoms with Crippen molar-refractivity contribution in [3.8, 4) is 0 Å². The number of aliphatic carboxylic acids is 1. The number of rotatable bonds is 5. The molecule has 3 nitrogen and oxygen atoms in total. The van der Waals surface area contributed by atoms with Crippen molar-refractivity contribution >= 4 is 17.7 Å². The Morgan fingerprint density at radius 2 is 2.09 bits per heavy atom. The molecule has 0 aromatic rings. The van der Waals surface area contributed by atoms with Gasteiger partial charge in [0.2, 0.25) is 0 Å². The molecule has 66 valence electrons. The fourth-order valence-electron chi connectivity index (χ4n) is 0.657. The van der Waals surface area contributed by atoms with E-state index in [0.29, 0.717) is 6.42 Å². The highest BCUT2D eigenvalue weighted by Crippen LogP contribution is 2.19. The van der Waals surface area contributed by atoms with E-state index in [1.165, 1.54) is 11.8 Å². The van der Waals surface area contributed by atoms with E-state index in [4.69, 9.17) is 10.2 Å². The summed E-state index contributed by atoms with van der Waals surface area (Å²) in [5.41, 5.74) is 0. The fourth-order valence-corrected chi connectivity index (χ4v) is 1.71. The van der Waals surface area contributed by atoms with Crippen LogP contribution >= 0.6 is 11.8 Å². The predicted octanol–water partition coefficient (Wildman–Crippen LogP) is 0.964. The summed E-state index contributed by atoms with van der Waals surface area (Å²) >= 11 is 1.37. The Labute approximate surface area is 70.8 Å². The van der Waals surface area contributed by atoms with Crippen LogP contribution in [0.2, 0.25) is 0 Å². The molecule has 0 heterocycles. The molecule has 0 spiro atoms. The summed E-state index contributed by atoms with van der Waals surface area (Å²) in [6.45, 7) is 3.70. The monoisotopic (exact) mass is 178 g/mol. The third-order valence-corrected chi connectivity index (χ3v) is 2.63. The molecule has 4 heteroatoms. The zero-order valence-corrected chi connectivity index (χ0v) is 7.60. The van der Waals surface area contributed by atoms with Gasteiger partial charge in [-0.1, -0.05) is 6.92 Å². The van der Waals surface area contributed by atoms with Gasteiger partial charge in [0.1, 0.15) is 0 Å². The summed E-state index contributed by atoms with van der Waals surface area (Å²) in [4.78, 5) is 10.4. The number of carboxylic acid groups (broad SMARTS) is 1. The van der Waals surface area contributed by atoms with Crippen molar-refractivity contribution in [3.63, 3.8) is 0 Å². The molecule has 11 heavy (non-hydrogen) atoms. The van der Waals surface area contributed by atoms with E-state index in [9.17, 15) is 4.79 Å². The third-order valence-electron chi connectivity index (χ3n) is 1.32. The number of aliphatic hydroxyl groups is 1. The van der Waals surface area contributed by atoms with Gasteiger partial charge in [0.05, 0.1) is 5.25 Å². The summed E-state index contributed by atoms with van der Waals surface area (Å²) in [7, 11) is 0. The second-order valence-corrected chi connectivity index (χ2v) is 4.22. The van der Waals surface area contributed by atoms with Crippen LogP contribution in [-0.2, 0) is 4.79 Å². The fraction of sp³-hybridized carbons (Fsp3) is 0.857. The Morgan fingerprint density at radius 3 is 2.45 bits per heavy atom. The van der Waals surface area contributed by atoms with E-state index in [-0.39, 0.29) is 17.1 Å². The minimum Gasteiger partial charge on any atom is -0.480 e. The Balaban J connectivity index is 3.56. The van der Waals surface area contributed by atoms with Gasteiger partial charge in [0.15, 0.2) is 0 Å². The molecular formula is C7H14O3S. The molecule has 0 saturated carbocycles. The van der Waals surface area contributed by atoms with Gasteiger partial charge in [-0.2, -0.15) is 0 Å². The SMILES string of the molecule is CC(CCO)SC(C)C(=O)O. The maximum absolute atomic E-state index is 10.4. The van der Waals surface area contributed by atoms with Crippen LogP contribution in [0, 0.1) is 0 Å². The highest BCUT2D eigenvalue weighted by Gasteiger charge is 2.14. The number of hydrogen-bond donors (Lipinski definition) is 2. The normalized spacial score (nSPS) is 15.9. The lowest BCUT2D eigenvalue weighted by Gasteiger charge is -2.11. The first kappa shape index (κ1) is 10.8. The maximum atomic E-state index is 10.4. The first-order valence-electron chi connectivity index (χ1n) is 3.57. The van der Waals surface area contributed by atoms with Gasteiger partial charge in [-0.25, -0.2) is 0 Å². The number of hydrogen-bond acceptors (Lipinski definition) is 3. The molecule has 2 atom stereocenters. The zero-order valence-electron chi connectivity index (χ0n) is 6.78. The molecule has 0 aromatic carbocycles. The van der Waals surface area contributed by atoms with Crippen molar-refractivity contribution in [1.82, 2.24) is 0 Å². The molecule has 0 aromatic heterocycles. The lowest BCUT2D eigenvalue weighted by molar-refractivity contribution is -0.136. The summed E-state index contributed by atoms with van der Waals surface area (Å²) in [6.07, 6.45) is 0.655. The average Bonchev–Trinajstić information content (AvgIpc) is 1.87. The molecule has 0 radical (unpaired) electrons. The van der Waals surface area contributed by atoms with E-state index in [2.05, 4.69) is 0 Å². The highest BCUT2D eigenvalue weighted by atomic mass is 32.2. The second kappa shape index (κ2) is 5.43. The summed E-state index contributed by atoms with van der Waals surface area (Å²) < 4.78 is 0. The van der Waals surface area contributed by atoms with Crippen LogP contribution in [0.15, 0.2) is 0 Å². The minimum atomic E-state index is -0.792. The third kappa shape index (κ3) is 5.09. The number of carboxylic acids is 1. The predicted molar refractivity (Wildman–Crippen MR) is 45.9 cm³/mol. The van der Waals surface area contributed by atoms with Crippen LogP contribution in [0.5, 0.6) is 0 Å². The molecule has 0 aliphatic carbocycles. The van der Waals surface area contributed by atoms with E-state index >= 15 is 0 Å². The van der Waals surface area contributed by atoms with Crippen molar-refractivity contribution in [2.45, 2.75) is 30.8 Å². The van der Waals surface area contributed by atoms with Crippen LogP contribution in [0.25, 0.3) is 0 Å². The molecule has 0 amide bonds. The molecular weight excluding hydrogens is 164 g/mol. The lowest BCUT2D eigenvalue weighted by atomic mass is 10.3. The van der Waals surface area contributed by atoms with Crippen molar-refractivity contribution in [3.05, 3.63) is 0 Å². The van der Waals surface area contributed by atoms with Gasteiger partial charge in [-0.15, -0.1) is 11.8 Å². The van der Waals surface area contributed by atoms with E-state index < -0.39 is 5.97 Å². The molecule has 0 bridgehead atoms. The first-order chi connectivity index (χ1) is 5.07. The van der Waals surface area contributed by atoms with Gasteiger partial charge < -0.3 is 10.2 Å². The summed E-state index contributed by atoms with van der Waals surface area (Å²) in [6, 6.07) is 0. The molecule has 0 rings (SSSR count). The first-order valence-corrected chi connectivity index (χ1v) is 4.51. The second-order valence-electron chi connectivity index (χ2n) is 2.44. The molecule has 0 fully saturated rings. The summed E-state index contributed by atoms with van der Waals surface area (Å²) in [5, 5.41) is 16.9. The zero-order chi connectivity index (χ0) is 8.85. The Bertz CT molecular complexity index is 127. The molecule has 0 aliphatic heterocycles. The summed E-state index contributed by atoms with van der Waals surface area (Å²) in [5.74, 6) is -0.792. The number of thioether (sulfide) groups is 1. The quantitative estimate of drug-likeness (QED) is 0.658. The number of carbonyl (C=O) groups is 1. The largest absolute Gasteiger partial charge is 0.480 e. The van der Waals surface area contributed by atoms with Crippen LogP contribution < -0.4 is 0 Å². The molecule has 2 N–H and O–H groups in total. The smallest absolute Gasteiger partial charge is 0.316 e. The van der Waals surface area contributed by atoms with E-state index in [1.54, 1.807) is 6.92 Å². The maximum Gasteiger partial charge on any atom is 0.316 e. The van der Waals surface area contributed by atoms with Gasteiger partial charge in [-0.3, -0.25) is 4.79 Å². The van der Waals surface area contributed by atoms with Gasteiger partial charge in [-0.05, 0) is 13.3 Å². The van der Waals surface area contributed by atoms with Crippen molar-refractivity contribution in [2.24, 2.45) is 0 Å². The van der Waals surface area contributed by atoms with Gasteiger partial charge >= 0.3 is 5.97 Å². The van der Waals surface area contributed by atoms with E-state index in [1.807, 2.05) is 6.92 Å². The van der Waals surface area contributed by atoms with Crippen LogP contribution in [0.1, 0.15) is 20.3 Å². The Morgan fingerprint density at radius 1 is 1.55 bits per heavy atom. The molecule has 0 saturated heterocycles. The van der Waals surface area contributed by atoms with Crippen molar-refractivity contribution in [2.75, 3.05) is 6.61 Å². The minimum absolute atomic E-state index is 0.126. The lowest BCUT2D eigenvalue weighted by Crippen LogP contribution is -2.15. The molecule has 0 aliphatic rings. The highest BCUT2D eigenvalue weighted by molar-refractivity contribution is 8.01. The topological polar surface area (TPSA) is 57.5 Å². The average molecular weight is 178 g/mol. The number of aliphatic hydroxyl groups excluding tert-OH is 1. The van der Waals surface area contributed by atoms with Crippen LogP contribution in [0.4, 0.5) is 0 Å². The van der Waals surface area contributed by atoms with Crippen molar-refractivity contribution in [1.29, 1.82) is 0 Å².